The third-order valence-electron chi connectivity index (χ3n) is 3.99. The van der Waals surface area contributed by atoms with E-state index in [1.807, 2.05) is 27.7 Å². The Morgan fingerprint density at radius 2 is 2.00 bits per heavy atom. The molecule has 0 aromatic carbocycles. The molecule has 0 atom stereocenters. The van der Waals surface area contributed by atoms with Gasteiger partial charge in [-0.1, -0.05) is 0 Å². The Bertz CT molecular complexity index is 735. The highest BCUT2D eigenvalue weighted by atomic mass is 127. The van der Waals surface area contributed by atoms with Crippen molar-refractivity contribution in [2.45, 2.75) is 52.8 Å². The lowest BCUT2D eigenvalue weighted by atomic mass is 10.1. The fraction of sp³-hybridized carbons (Fsp3) is 0.632. The second kappa shape index (κ2) is 10.7. The van der Waals surface area contributed by atoms with E-state index in [-0.39, 0.29) is 42.7 Å². The average molecular weight is 522 g/mol. The number of ether oxygens (including phenoxy) is 2. The molecule has 0 radical (unpaired) electrons. The third-order valence-corrected chi connectivity index (χ3v) is 3.99. The maximum atomic E-state index is 12.0. The molecule has 0 aliphatic carbocycles. The first-order valence-electron chi connectivity index (χ1n) is 9.33. The number of methoxy groups -OCH3 is 1. The van der Waals surface area contributed by atoms with E-state index in [2.05, 4.69) is 15.6 Å². The van der Waals surface area contributed by atoms with Crippen LogP contribution >= 0.6 is 24.0 Å². The van der Waals surface area contributed by atoms with Crippen LogP contribution in [0.2, 0.25) is 0 Å². The van der Waals surface area contributed by atoms with Crippen LogP contribution in [-0.4, -0.2) is 61.3 Å². The van der Waals surface area contributed by atoms with Gasteiger partial charge in [0.1, 0.15) is 29.2 Å². The molecule has 0 spiro atoms. The molecule has 1 aliphatic rings. The van der Waals surface area contributed by atoms with Gasteiger partial charge in [-0.15, -0.1) is 24.0 Å². The van der Waals surface area contributed by atoms with E-state index < -0.39 is 11.6 Å². The van der Waals surface area contributed by atoms with Gasteiger partial charge in [0.25, 0.3) is 0 Å². The number of aryl methyl sites for hydroxylation is 1. The second-order valence-electron chi connectivity index (χ2n) is 7.60. The van der Waals surface area contributed by atoms with Gasteiger partial charge in [-0.25, -0.2) is 14.6 Å². The molecule has 10 heteroatoms. The van der Waals surface area contributed by atoms with Crippen LogP contribution in [0.25, 0.3) is 0 Å². The first-order chi connectivity index (χ1) is 13.1. The van der Waals surface area contributed by atoms with Crippen molar-refractivity contribution in [3.8, 4) is 0 Å². The fourth-order valence-electron chi connectivity index (χ4n) is 2.65. The minimum Gasteiger partial charge on any atom is -0.465 e. The number of carbonyl (C=O) groups excluding carboxylic acids is 2. The Labute approximate surface area is 188 Å². The summed E-state index contributed by atoms with van der Waals surface area (Å²) < 4.78 is 15.7. The normalized spacial score (nSPS) is 14.6. The van der Waals surface area contributed by atoms with Crippen molar-refractivity contribution in [3.05, 3.63) is 23.2 Å². The number of carbonyl (C=O) groups is 2. The van der Waals surface area contributed by atoms with Gasteiger partial charge in [-0.05, 0) is 40.7 Å². The summed E-state index contributed by atoms with van der Waals surface area (Å²) in [7, 11) is 1.33. The number of nitrogens with zero attached hydrogens (tertiary/aromatic N) is 2. The molecule has 29 heavy (non-hydrogen) atoms. The summed E-state index contributed by atoms with van der Waals surface area (Å²) >= 11 is 0. The van der Waals surface area contributed by atoms with Crippen LogP contribution in [0.4, 0.5) is 4.79 Å². The number of likely N-dealkylation sites (tertiary alicyclic amines) is 1. The average Bonchev–Trinajstić information content (AvgIpc) is 2.93. The van der Waals surface area contributed by atoms with E-state index in [1.165, 1.54) is 7.11 Å². The lowest BCUT2D eigenvalue weighted by molar-refractivity contribution is 0.00699. The van der Waals surface area contributed by atoms with Crippen LogP contribution in [0.15, 0.2) is 15.5 Å². The van der Waals surface area contributed by atoms with Crippen molar-refractivity contribution in [2.75, 3.05) is 26.7 Å². The Balaban J connectivity index is 0.00000420. The number of esters is 1. The third kappa shape index (κ3) is 7.41. The number of furan rings is 1. The quantitative estimate of drug-likeness (QED) is 0.265. The molecular weight excluding hydrogens is 491 g/mol. The molecule has 1 aromatic rings. The van der Waals surface area contributed by atoms with Gasteiger partial charge in [0.15, 0.2) is 5.96 Å². The van der Waals surface area contributed by atoms with Gasteiger partial charge in [0.2, 0.25) is 0 Å². The summed E-state index contributed by atoms with van der Waals surface area (Å²) in [6.45, 7) is 11.3. The minimum absolute atomic E-state index is 0. The van der Waals surface area contributed by atoms with Crippen molar-refractivity contribution < 1.29 is 23.5 Å². The van der Waals surface area contributed by atoms with Crippen molar-refractivity contribution in [2.24, 2.45) is 4.99 Å². The van der Waals surface area contributed by atoms with Gasteiger partial charge in [0.05, 0.1) is 13.2 Å². The molecule has 1 saturated heterocycles. The van der Waals surface area contributed by atoms with Crippen LogP contribution in [-0.2, 0) is 16.0 Å². The van der Waals surface area contributed by atoms with Crippen LogP contribution in [0.5, 0.6) is 0 Å². The molecule has 0 saturated carbocycles. The number of halogens is 1. The number of rotatable bonds is 5. The molecule has 164 valence electrons. The first-order valence-corrected chi connectivity index (χ1v) is 9.33. The predicted octanol–water partition coefficient (Wildman–Crippen LogP) is 2.67. The Morgan fingerprint density at radius 3 is 2.55 bits per heavy atom. The molecule has 2 rings (SSSR count). The molecule has 0 unspecified atom stereocenters. The van der Waals surface area contributed by atoms with Crippen LogP contribution in [0, 0.1) is 6.92 Å². The SMILES string of the molecule is CCNC(=NCc1cc(C(=O)OC)c(C)o1)NC1CN(C(=O)OC(C)(C)C)C1.I. The highest BCUT2D eigenvalue weighted by molar-refractivity contribution is 14.0. The van der Waals surface area contributed by atoms with Crippen molar-refractivity contribution in [1.29, 1.82) is 0 Å². The first kappa shape index (κ1) is 25.1. The molecule has 1 amide bonds. The molecule has 1 aliphatic heterocycles. The number of amides is 1. The van der Waals surface area contributed by atoms with E-state index in [0.717, 1.165) is 0 Å². The van der Waals surface area contributed by atoms with Gasteiger partial charge in [-0.2, -0.15) is 0 Å². The summed E-state index contributed by atoms with van der Waals surface area (Å²) in [5.41, 5.74) is -0.103. The largest absolute Gasteiger partial charge is 0.465 e. The van der Waals surface area contributed by atoms with E-state index >= 15 is 0 Å². The smallest absolute Gasteiger partial charge is 0.410 e. The van der Waals surface area contributed by atoms with E-state index in [1.54, 1.807) is 17.9 Å². The lowest BCUT2D eigenvalue weighted by Gasteiger charge is -2.40. The van der Waals surface area contributed by atoms with Crippen molar-refractivity contribution in [3.63, 3.8) is 0 Å². The summed E-state index contributed by atoms with van der Waals surface area (Å²) in [5, 5.41) is 6.44. The minimum atomic E-state index is -0.504. The highest BCUT2D eigenvalue weighted by Gasteiger charge is 2.34. The van der Waals surface area contributed by atoms with Crippen LogP contribution in [0.1, 0.15) is 49.6 Å². The van der Waals surface area contributed by atoms with Gasteiger partial charge in [0, 0.05) is 19.6 Å². The summed E-state index contributed by atoms with van der Waals surface area (Å²) in [6.07, 6.45) is -0.311. The van der Waals surface area contributed by atoms with Crippen molar-refractivity contribution in [1.82, 2.24) is 15.5 Å². The zero-order valence-electron chi connectivity index (χ0n) is 17.8. The summed E-state index contributed by atoms with van der Waals surface area (Å²) in [4.78, 5) is 29.8. The fourth-order valence-corrected chi connectivity index (χ4v) is 2.65. The Morgan fingerprint density at radius 1 is 1.34 bits per heavy atom. The van der Waals surface area contributed by atoms with Gasteiger partial charge >= 0.3 is 12.1 Å². The number of guanidine groups is 1. The topological polar surface area (TPSA) is 105 Å². The molecule has 2 heterocycles. The van der Waals surface area contributed by atoms with E-state index in [0.29, 0.717) is 42.7 Å². The number of aliphatic imine (C=N–C) groups is 1. The Kier molecular flexibility index (Phi) is 9.24. The number of nitrogens with one attached hydrogen (secondary N) is 2. The second-order valence-corrected chi connectivity index (χ2v) is 7.60. The molecule has 0 bridgehead atoms. The molecule has 2 N–H and O–H groups in total. The predicted molar refractivity (Wildman–Crippen MR) is 120 cm³/mol. The van der Waals surface area contributed by atoms with E-state index in [4.69, 9.17) is 13.9 Å². The molecule has 9 nitrogen and oxygen atoms in total. The highest BCUT2D eigenvalue weighted by Crippen LogP contribution is 2.17. The van der Waals surface area contributed by atoms with Gasteiger partial charge < -0.3 is 29.4 Å². The van der Waals surface area contributed by atoms with Crippen LogP contribution < -0.4 is 10.6 Å². The maximum absolute atomic E-state index is 12.0. The van der Waals surface area contributed by atoms with Crippen LogP contribution in [0.3, 0.4) is 0 Å². The molecular formula is C19H31IN4O5. The Hall–Kier alpha value is -1.98. The molecule has 1 aromatic heterocycles. The maximum Gasteiger partial charge on any atom is 0.410 e. The van der Waals surface area contributed by atoms with E-state index in [9.17, 15) is 9.59 Å². The summed E-state index contributed by atoms with van der Waals surface area (Å²) in [6, 6.07) is 1.73. The zero-order valence-corrected chi connectivity index (χ0v) is 20.2. The van der Waals surface area contributed by atoms with Gasteiger partial charge in [-0.3, -0.25) is 0 Å². The lowest BCUT2D eigenvalue weighted by Crippen LogP contribution is -2.63. The number of hydrogen-bond donors (Lipinski definition) is 2. The summed E-state index contributed by atoms with van der Waals surface area (Å²) in [5.74, 6) is 1.25. The monoisotopic (exact) mass is 522 g/mol. The molecule has 1 fully saturated rings. The number of hydrogen-bond acceptors (Lipinski definition) is 6. The standard InChI is InChI=1S/C19H30N4O5.HI/c1-7-20-17(21-9-14-8-15(12(2)27-14)16(24)26-6)22-13-10-23(11-13)18(25)28-19(3,4)5;/h8,13H,7,9-11H2,1-6H3,(H2,20,21,22);1H. The van der Waals surface area contributed by atoms with Crippen molar-refractivity contribution >= 4 is 42.0 Å². The zero-order chi connectivity index (χ0) is 20.9.